The summed E-state index contributed by atoms with van der Waals surface area (Å²) in [6, 6.07) is 12.8. The third-order valence-corrected chi connectivity index (χ3v) is 4.87. The predicted octanol–water partition coefficient (Wildman–Crippen LogP) is 3.10. The van der Waals surface area contributed by atoms with Crippen LogP contribution in [0.2, 0.25) is 5.02 Å². The Bertz CT molecular complexity index is 850. The fourth-order valence-electron chi connectivity index (χ4n) is 3.02. The summed E-state index contributed by atoms with van der Waals surface area (Å²) >= 11 is 5.79. The molecule has 1 saturated heterocycles. The molecule has 3 rings (SSSR count). The van der Waals surface area contributed by atoms with E-state index < -0.39 is 18.0 Å². The predicted molar refractivity (Wildman–Crippen MR) is 105 cm³/mol. The summed E-state index contributed by atoms with van der Waals surface area (Å²) in [7, 11) is 1.60. The zero-order valence-electron chi connectivity index (χ0n) is 15.3. The first-order valence-electron chi connectivity index (χ1n) is 8.87. The van der Waals surface area contributed by atoms with Crippen LogP contribution in [0.25, 0.3) is 0 Å². The van der Waals surface area contributed by atoms with Gasteiger partial charge in [0.15, 0.2) is 0 Å². The summed E-state index contributed by atoms with van der Waals surface area (Å²) in [6.45, 7) is 0.637. The lowest BCUT2D eigenvalue weighted by Gasteiger charge is -2.21. The molecule has 0 radical (unpaired) electrons. The topological polar surface area (TPSA) is 70.7 Å². The van der Waals surface area contributed by atoms with Crippen molar-refractivity contribution in [3.05, 3.63) is 64.9 Å². The Morgan fingerprint density at radius 3 is 2.75 bits per heavy atom. The lowest BCUT2D eigenvalue weighted by Crippen LogP contribution is -2.41. The van der Waals surface area contributed by atoms with Gasteiger partial charge in [0.1, 0.15) is 12.4 Å². The second kappa shape index (κ2) is 9.03. The molecule has 2 aromatic rings. The molecule has 0 unspecified atom stereocenters. The van der Waals surface area contributed by atoms with Gasteiger partial charge in [0.05, 0.1) is 11.1 Å². The first-order chi connectivity index (χ1) is 13.4. The van der Waals surface area contributed by atoms with Crippen molar-refractivity contribution in [2.24, 2.45) is 0 Å². The molecule has 2 aromatic carbocycles. The number of hydrogen-bond donors (Lipinski definition) is 2. The molecule has 28 heavy (non-hydrogen) atoms. The largest absolute Gasteiger partial charge is 0.445 e. The average molecular weight is 406 g/mol. The molecule has 2 amide bonds. The van der Waals surface area contributed by atoms with E-state index >= 15 is 0 Å². The Labute approximate surface area is 167 Å². The Balaban J connectivity index is 1.49. The van der Waals surface area contributed by atoms with Crippen molar-refractivity contribution in [1.29, 1.82) is 0 Å². The monoisotopic (exact) mass is 405 g/mol. The van der Waals surface area contributed by atoms with Gasteiger partial charge in [-0.3, -0.25) is 4.79 Å². The molecule has 0 bridgehead atoms. The maximum Gasteiger partial charge on any atom is 0.407 e. The quantitative estimate of drug-likeness (QED) is 0.802. The molecular formula is C20H21ClFN3O3. The van der Waals surface area contributed by atoms with Crippen LogP contribution in [0.5, 0.6) is 0 Å². The summed E-state index contributed by atoms with van der Waals surface area (Å²) in [4.78, 5) is 26.0. The smallest absolute Gasteiger partial charge is 0.407 e. The lowest BCUT2D eigenvalue weighted by atomic mass is 10.1. The van der Waals surface area contributed by atoms with Gasteiger partial charge in [-0.25, -0.2) is 9.18 Å². The summed E-state index contributed by atoms with van der Waals surface area (Å²) in [5.41, 5.74) is 1.40. The third kappa shape index (κ3) is 4.99. The first kappa shape index (κ1) is 20.1. The molecule has 1 heterocycles. The molecule has 2 atom stereocenters. The minimum Gasteiger partial charge on any atom is -0.445 e. The number of alkyl carbamates (subject to hydrolysis) is 1. The number of halogens is 2. The number of amides is 2. The fraction of sp³-hybridized carbons (Fsp3) is 0.300. The fourth-order valence-corrected chi connectivity index (χ4v) is 3.19. The molecule has 2 N–H and O–H groups in total. The van der Waals surface area contributed by atoms with Gasteiger partial charge in [-0.05, 0) is 30.2 Å². The number of carbonyl (C=O) groups is 2. The van der Waals surface area contributed by atoms with Gasteiger partial charge < -0.3 is 20.3 Å². The van der Waals surface area contributed by atoms with Crippen LogP contribution in [0.3, 0.4) is 0 Å². The van der Waals surface area contributed by atoms with Crippen molar-refractivity contribution in [3.8, 4) is 0 Å². The Hall–Kier alpha value is -2.64. The van der Waals surface area contributed by atoms with Gasteiger partial charge in [0.2, 0.25) is 5.91 Å². The van der Waals surface area contributed by atoms with Crippen molar-refractivity contribution in [1.82, 2.24) is 10.6 Å². The Morgan fingerprint density at radius 1 is 1.29 bits per heavy atom. The zero-order chi connectivity index (χ0) is 20.1. The van der Waals surface area contributed by atoms with Crippen LogP contribution < -0.4 is 15.5 Å². The van der Waals surface area contributed by atoms with Crippen LogP contribution in [0.4, 0.5) is 14.9 Å². The van der Waals surface area contributed by atoms with Gasteiger partial charge in [-0.1, -0.05) is 41.9 Å². The SMILES string of the molecule is CN(C(=O)[C@@H]1C[C@H](NC(=O)OCc2ccccc2)CN1)c1ccc(F)c(Cl)c1. The maximum absolute atomic E-state index is 13.3. The molecule has 0 aliphatic carbocycles. The van der Waals surface area contributed by atoms with E-state index in [0.29, 0.717) is 18.7 Å². The summed E-state index contributed by atoms with van der Waals surface area (Å²) in [5.74, 6) is -0.729. The van der Waals surface area contributed by atoms with Crippen LogP contribution in [0.1, 0.15) is 12.0 Å². The van der Waals surface area contributed by atoms with Crippen molar-refractivity contribution < 1.29 is 18.7 Å². The highest BCUT2D eigenvalue weighted by atomic mass is 35.5. The van der Waals surface area contributed by atoms with Gasteiger partial charge in [0, 0.05) is 25.3 Å². The van der Waals surface area contributed by atoms with Crippen LogP contribution in [0, 0.1) is 5.82 Å². The van der Waals surface area contributed by atoms with E-state index in [2.05, 4.69) is 10.6 Å². The van der Waals surface area contributed by atoms with Crippen LogP contribution in [0.15, 0.2) is 48.5 Å². The van der Waals surface area contributed by atoms with E-state index in [4.69, 9.17) is 16.3 Å². The normalized spacial score (nSPS) is 18.5. The zero-order valence-corrected chi connectivity index (χ0v) is 16.1. The van der Waals surface area contributed by atoms with E-state index in [1.54, 1.807) is 7.05 Å². The second-order valence-electron chi connectivity index (χ2n) is 6.60. The van der Waals surface area contributed by atoms with Crippen LogP contribution >= 0.6 is 11.6 Å². The molecule has 0 spiro atoms. The summed E-state index contributed by atoms with van der Waals surface area (Å²) < 4.78 is 18.5. The molecule has 8 heteroatoms. The van der Waals surface area contributed by atoms with E-state index in [-0.39, 0.29) is 23.6 Å². The number of carbonyl (C=O) groups excluding carboxylic acids is 2. The van der Waals surface area contributed by atoms with Gasteiger partial charge in [-0.2, -0.15) is 0 Å². The number of likely N-dealkylation sites (N-methyl/N-ethyl adjacent to an activating group) is 1. The molecule has 1 fully saturated rings. The number of nitrogens with zero attached hydrogens (tertiary/aromatic N) is 1. The van der Waals surface area contributed by atoms with Crippen LogP contribution in [-0.4, -0.2) is 37.7 Å². The van der Waals surface area contributed by atoms with Crippen molar-refractivity contribution in [3.63, 3.8) is 0 Å². The van der Waals surface area contributed by atoms with Crippen LogP contribution in [-0.2, 0) is 16.1 Å². The molecule has 0 aromatic heterocycles. The summed E-state index contributed by atoms with van der Waals surface area (Å²) in [6.07, 6.45) is -0.0964. The van der Waals surface area contributed by atoms with E-state index in [0.717, 1.165) is 5.56 Å². The molecule has 148 valence electrons. The van der Waals surface area contributed by atoms with Gasteiger partial charge in [0.25, 0.3) is 0 Å². The molecule has 6 nitrogen and oxygen atoms in total. The van der Waals surface area contributed by atoms with Crippen molar-refractivity contribution in [2.45, 2.75) is 25.1 Å². The Kier molecular flexibility index (Phi) is 6.49. The van der Waals surface area contributed by atoms with E-state index in [1.165, 1.54) is 23.1 Å². The number of rotatable bonds is 5. The van der Waals surface area contributed by atoms with Gasteiger partial charge in [-0.15, -0.1) is 0 Å². The molecule has 1 aliphatic rings. The second-order valence-corrected chi connectivity index (χ2v) is 7.00. The number of anilines is 1. The minimum absolute atomic E-state index is 0.0442. The molecule has 1 aliphatic heterocycles. The number of benzene rings is 2. The van der Waals surface area contributed by atoms with E-state index in [9.17, 15) is 14.0 Å². The third-order valence-electron chi connectivity index (χ3n) is 4.58. The molecule has 0 saturated carbocycles. The van der Waals surface area contributed by atoms with Crippen molar-refractivity contribution >= 4 is 29.3 Å². The van der Waals surface area contributed by atoms with Gasteiger partial charge >= 0.3 is 6.09 Å². The van der Waals surface area contributed by atoms with Crippen molar-refractivity contribution in [2.75, 3.05) is 18.5 Å². The minimum atomic E-state index is -0.538. The highest BCUT2D eigenvalue weighted by Crippen LogP contribution is 2.23. The highest BCUT2D eigenvalue weighted by Gasteiger charge is 2.32. The molecular weight excluding hydrogens is 385 g/mol. The summed E-state index contributed by atoms with van der Waals surface area (Å²) in [5, 5.41) is 5.81. The van der Waals surface area contributed by atoms with E-state index in [1.807, 2.05) is 30.3 Å². The average Bonchev–Trinajstić information content (AvgIpc) is 3.16. The first-order valence-corrected chi connectivity index (χ1v) is 9.25. The standard InChI is InChI=1S/C20H21ClFN3O3/c1-25(15-7-8-17(22)16(21)10-15)19(26)18-9-14(11-23-18)24-20(27)28-12-13-5-3-2-4-6-13/h2-8,10,14,18,23H,9,11-12H2,1H3,(H,24,27)/t14-,18-/m0/s1. The Morgan fingerprint density at radius 2 is 2.04 bits per heavy atom. The number of hydrogen-bond acceptors (Lipinski definition) is 4. The number of ether oxygens (including phenoxy) is 1. The lowest BCUT2D eigenvalue weighted by molar-refractivity contribution is -0.120. The highest BCUT2D eigenvalue weighted by molar-refractivity contribution is 6.31. The number of nitrogens with one attached hydrogen (secondary N) is 2. The maximum atomic E-state index is 13.3.